The summed E-state index contributed by atoms with van der Waals surface area (Å²) >= 11 is 12.1. The lowest BCUT2D eigenvalue weighted by atomic mass is 10.0. The number of carbonyl (C=O) groups excluding carboxylic acids is 1. The smallest absolute Gasteiger partial charge is 0.308 e. The molecule has 0 spiro atoms. The van der Waals surface area contributed by atoms with E-state index in [2.05, 4.69) is 10.3 Å². The van der Waals surface area contributed by atoms with Gasteiger partial charge in [-0.15, -0.1) is 0 Å². The Morgan fingerprint density at radius 1 is 1.29 bits per heavy atom. The molecule has 2 aromatic rings. The molecule has 1 aromatic heterocycles. The van der Waals surface area contributed by atoms with Crippen molar-refractivity contribution in [2.45, 2.75) is 19.9 Å². The quantitative estimate of drug-likeness (QED) is 0.805. The summed E-state index contributed by atoms with van der Waals surface area (Å²) in [6.07, 6.45) is 0. The topological polar surface area (TPSA) is 82.2 Å². The zero-order valence-corrected chi connectivity index (χ0v) is 12.9. The summed E-state index contributed by atoms with van der Waals surface area (Å²) in [4.78, 5) is 26.0. The van der Waals surface area contributed by atoms with E-state index in [0.717, 1.165) is 0 Å². The second-order valence-electron chi connectivity index (χ2n) is 4.89. The first-order chi connectivity index (χ1) is 9.81. The number of rotatable bonds is 4. The van der Waals surface area contributed by atoms with Crippen LogP contribution in [-0.2, 0) is 4.79 Å². The maximum absolute atomic E-state index is 12.2. The number of H-pyrrole nitrogens is 1. The molecule has 0 fully saturated rings. The Bertz CT molecular complexity index is 712. The first-order valence-electron chi connectivity index (χ1n) is 6.31. The molecule has 0 radical (unpaired) electrons. The minimum atomic E-state index is -0.975. The largest absolute Gasteiger partial charge is 0.481 e. The zero-order valence-electron chi connectivity index (χ0n) is 11.4. The Morgan fingerprint density at radius 2 is 1.95 bits per heavy atom. The highest BCUT2D eigenvalue weighted by Gasteiger charge is 2.24. The summed E-state index contributed by atoms with van der Waals surface area (Å²) in [5.74, 6) is -2.13. The number of hydrogen-bond acceptors (Lipinski definition) is 2. The monoisotopic (exact) mass is 328 g/mol. The van der Waals surface area contributed by atoms with Crippen LogP contribution in [0.15, 0.2) is 18.2 Å². The van der Waals surface area contributed by atoms with Crippen molar-refractivity contribution in [3.05, 3.63) is 33.9 Å². The third-order valence-corrected chi connectivity index (χ3v) is 4.05. The highest BCUT2D eigenvalue weighted by Crippen LogP contribution is 2.29. The van der Waals surface area contributed by atoms with Crippen molar-refractivity contribution in [2.24, 2.45) is 5.92 Å². The molecular formula is C14H14Cl2N2O3. The number of halogens is 2. The maximum atomic E-state index is 12.2. The summed E-state index contributed by atoms with van der Waals surface area (Å²) in [5, 5.41) is 13.0. The number of aliphatic carboxylic acids is 1. The lowest BCUT2D eigenvalue weighted by Crippen LogP contribution is -2.40. The van der Waals surface area contributed by atoms with Crippen LogP contribution in [0.5, 0.6) is 0 Å². The van der Waals surface area contributed by atoms with Gasteiger partial charge in [-0.2, -0.15) is 0 Å². The highest BCUT2D eigenvalue weighted by molar-refractivity contribution is 6.39. The van der Waals surface area contributed by atoms with Crippen molar-refractivity contribution in [1.82, 2.24) is 10.3 Å². The highest BCUT2D eigenvalue weighted by atomic mass is 35.5. The molecule has 0 aliphatic heterocycles. The van der Waals surface area contributed by atoms with Crippen molar-refractivity contribution in [3.63, 3.8) is 0 Å². The number of nitrogens with one attached hydrogen (secondary N) is 2. The maximum Gasteiger partial charge on any atom is 0.308 e. The van der Waals surface area contributed by atoms with Crippen molar-refractivity contribution in [2.75, 3.05) is 0 Å². The second kappa shape index (κ2) is 5.95. The van der Waals surface area contributed by atoms with Crippen LogP contribution in [0.1, 0.15) is 24.3 Å². The summed E-state index contributed by atoms with van der Waals surface area (Å²) in [5.41, 5.74) is 0.881. The summed E-state index contributed by atoms with van der Waals surface area (Å²) in [6, 6.07) is 4.55. The van der Waals surface area contributed by atoms with Crippen molar-refractivity contribution in [3.8, 4) is 0 Å². The number of carboxylic acid groups (broad SMARTS) is 1. The van der Waals surface area contributed by atoms with E-state index in [0.29, 0.717) is 15.9 Å². The molecule has 5 nitrogen and oxygen atoms in total. The van der Waals surface area contributed by atoms with E-state index in [4.69, 9.17) is 28.3 Å². The molecule has 2 unspecified atom stereocenters. The third kappa shape index (κ3) is 3.14. The Balaban J connectivity index is 2.28. The Labute approximate surface area is 131 Å². The fourth-order valence-electron chi connectivity index (χ4n) is 1.91. The van der Waals surface area contributed by atoms with E-state index >= 15 is 0 Å². The number of carboxylic acids is 1. The Kier molecular flexibility index (Phi) is 4.44. The molecule has 1 amide bonds. The summed E-state index contributed by atoms with van der Waals surface area (Å²) in [6.45, 7) is 3.16. The minimum absolute atomic E-state index is 0.193. The van der Waals surface area contributed by atoms with Crippen LogP contribution < -0.4 is 5.32 Å². The van der Waals surface area contributed by atoms with Crippen molar-refractivity contribution in [1.29, 1.82) is 0 Å². The molecule has 2 rings (SSSR count). The second-order valence-corrected chi connectivity index (χ2v) is 5.71. The minimum Gasteiger partial charge on any atom is -0.481 e. The molecule has 1 aromatic carbocycles. The van der Waals surface area contributed by atoms with Gasteiger partial charge in [-0.3, -0.25) is 9.59 Å². The number of fused-ring (bicyclic) bond motifs is 1. The fraction of sp³-hybridized carbons (Fsp3) is 0.286. The number of aromatic amines is 1. The molecule has 112 valence electrons. The van der Waals surface area contributed by atoms with E-state index in [1.807, 2.05) is 0 Å². The molecule has 0 aliphatic rings. The molecule has 3 N–H and O–H groups in total. The predicted octanol–water partition coefficient (Wildman–Crippen LogP) is 3.31. The molecule has 0 aliphatic carbocycles. The zero-order chi connectivity index (χ0) is 15.7. The van der Waals surface area contributed by atoms with Gasteiger partial charge >= 0.3 is 5.97 Å². The predicted molar refractivity (Wildman–Crippen MR) is 82.0 cm³/mol. The Morgan fingerprint density at radius 3 is 2.57 bits per heavy atom. The van der Waals surface area contributed by atoms with Crippen LogP contribution in [0.2, 0.25) is 10.0 Å². The number of hydrogen-bond donors (Lipinski definition) is 3. The van der Waals surface area contributed by atoms with Crippen molar-refractivity contribution < 1.29 is 14.7 Å². The lowest BCUT2D eigenvalue weighted by Gasteiger charge is -2.17. The number of amides is 1. The van der Waals surface area contributed by atoms with Gasteiger partial charge in [-0.05, 0) is 32.0 Å². The van der Waals surface area contributed by atoms with Gasteiger partial charge in [0, 0.05) is 22.0 Å². The summed E-state index contributed by atoms with van der Waals surface area (Å²) in [7, 11) is 0. The van der Waals surface area contributed by atoms with E-state index in [9.17, 15) is 9.59 Å². The van der Waals surface area contributed by atoms with Crippen LogP contribution in [0.3, 0.4) is 0 Å². The molecule has 0 saturated heterocycles. The third-order valence-electron chi connectivity index (χ3n) is 3.42. The number of carbonyl (C=O) groups is 2. The molecule has 21 heavy (non-hydrogen) atoms. The first-order valence-corrected chi connectivity index (χ1v) is 7.07. The summed E-state index contributed by atoms with van der Waals surface area (Å²) < 4.78 is 0. The standard InChI is InChI=1S/C14H14Cl2N2O3/c1-6(14(20)21)7(2)17-13(19)12-11(16)9-5-8(15)3-4-10(9)18-12/h3-7,18H,1-2H3,(H,17,19)(H,20,21). The molecular weight excluding hydrogens is 315 g/mol. The van der Waals surface area contributed by atoms with Gasteiger partial charge in [-0.1, -0.05) is 23.2 Å². The van der Waals surface area contributed by atoms with Crippen LogP contribution in [0, 0.1) is 5.92 Å². The van der Waals surface area contributed by atoms with Gasteiger partial charge in [-0.25, -0.2) is 0 Å². The molecule has 2 atom stereocenters. The van der Waals surface area contributed by atoms with Gasteiger partial charge in [0.1, 0.15) is 5.69 Å². The van der Waals surface area contributed by atoms with Crippen LogP contribution >= 0.6 is 23.2 Å². The Hall–Kier alpha value is -1.72. The lowest BCUT2D eigenvalue weighted by molar-refractivity contribution is -0.141. The van der Waals surface area contributed by atoms with E-state index < -0.39 is 23.8 Å². The number of aromatic nitrogens is 1. The number of benzene rings is 1. The van der Waals surface area contributed by atoms with Gasteiger partial charge in [0.15, 0.2) is 0 Å². The van der Waals surface area contributed by atoms with Crippen LogP contribution in [-0.4, -0.2) is 28.0 Å². The van der Waals surface area contributed by atoms with Gasteiger partial charge in [0.2, 0.25) is 0 Å². The van der Waals surface area contributed by atoms with Gasteiger partial charge in [0.25, 0.3) is 5.91 Å². The van der Waals surface area contributed by atoms with Crippen LogP contribution in [0.25, 0.3) is 10.9 Å². The fourth-order valence-corrected chi connectivity index (χ4v) is 2.37. The molecule has 7 heteroatoms. The van der Waals surface area contributed by atoms with Crippen LogP contribution in [0.4, 0.5) is 0 Å². The van der Waals surface area contributed by atoms with E-state index in [1.165, 1.54) is 6.92 Å². The van der Waals surface area contributed by atoms with Gasteiger partial charge < -0.3 is 15.4 Å². The normalized spacial score (nSPS) is 13.9. The average molecular weight is 329 g/mol. The SMILES string of the molecule is CC(NC(=O)c1[nH]c2ccc(Cl)cc2c1Cl)C(C)C(=O)O. The first kappa shape index (κ1) is 15.7. The average Bonchev–Trinajstić information content (AvgIpc) is 2.75. The van der Waals surface area contributed by atoms with Gasteiger partial charge in [0.05, 0.1) is 10.9 Å². The van der Waals surface area contributed by atoms with Crippen molar-refractivity contribution >= 4 is 46.0 Å². The van der Waals surface area contributed by atoms with E-state index in [1.54, 1.807) is 25.1 Å². The van der Waals surface area contributed by atoms with E-state index in [-0.39, 0.29) is 10.7 Å². The molecule has 0 bridgehead atoms. The molecule has 0 saturated carbocycles. The molecule has 1 heterocycles.